The van der Waals surface area contributed by atoms with Crippen molar-refractivity contribution in [2.75, 3.05) is 62.7 Å². The van der Waals surface area contributed by atoms with E-state index in [0.717, 1.165) is 50.6 Å². The molecule has 0 spiro atoms. The first-order chi connectivity index (χ1) is 16.7. The maximum absolute atomic E-state index is 13.5. The number of benzene rings is 1. The maximum Gasteiger partial charge on any atom is 0.262 e. The molecule has 2 saturated heterocycles. The van der Waals surface area contributed by atoms with Crippen molar-refractivity contribution in [3.05, 3.63) is 51.8 Å². The van der Waals surface area contributed by atoms with E-state index in [0.29, 0.717) is 36.5 Å². The Morgan fingerprint density at radius 1 is 1.15 bits per heavy atom. The number of rotatable bonds is 6. The second-order valence-corrected chi connectivity index (χ2v) is 10.5. The highest BCUT2D eigenvalue weighted by molar-refractivity contribution is 8.08. The van der Waals surface area contributed by atoms with Gasteiger partial charge in [0, 0.05) is 36.0 Å². The normalized spacial score (nSPS) is 21.5. The number of fused-ring (bicyclic) bond motifs is 1. The highest BCUT2D eigenvalue weighted by atomic mass is 32.2. The molecule has 0 aliphatic carbocycles. The van der Waals surface area contributed by atoms with Crippen LogP contribution in [0.5, 0.6) is 0 Å². The summed E-state index contributed by atoms with van der Waals surface area (Å²) < 4.78 is 5.49. The van der Waals surface area contributed by atoms with Gasteiger partial charge in [-0.3, -0.25) is 9.78 Å². The summed E-state index contributed by atoms with van der Waals surface area (Å²) in [5.41, 5.74) is 1.92. The van der Waals surface area contributed by atoms with Crippen molar-refractivity contribution in [1.29, 1.82) is 0 Å². The molecule has 2 N–H and O–H groups in total. The molecule has 34 heavy (non-hydrogen) atoms. The van der Waals surface area contributed by atoms with E-state index < -0.39 is 0 Å². The second kappa shape index (κ2) is 11.0. The number of ether oxygens (including phenoxy) is 1. The zero-order valence-electron chi connectivity index (χ0n) is 20.0. The molecule has 3 aliphatic rings. The van der Waals surface area contributed by atoms with Crippen LogP contribution in [0, 0.1) is 0 Å². The average Bonchev–Trinajstić information content (AvgIpc) is 3.04. The molecule has 182 valence electrons. The molecule has 0 bridgehead atoms. The number of anilines is 2. The predicted octanol–water partition coefficient (Wildman–Crippen LogP) is 4.14. The van der Waals surface area contributed by atoms with Gasteiger partial charge in [0.05, 0.1) is 18.8 Å². The molecule has 0 radical (unpaired) electrons. The number of H-pyrrole nitrogens is 1. The number of hydrogen-bond acceptors (Lipinski definition) is 7. The minimum absolute atomic E-state index is 0.0808. The van der Waals surface area contributed by atoms with Crippen LogP contribution in [0.3, 0.4) is 0 Å². The minimum Gasteiger partial charge on any atom is -0.378 e. The van der Waals surface area contributed by atoms with Gasteiger partial charge in [-0.05, 0) is 49.9 Å². The summed E-state index contributed by atoms with van der Waals surface area (Å²) in [4.78, 5) is 28.4. The third kappa shape index (κ3) is 5.34. The Morgan fingerprint density at radius 3 is 2.76 bits per heavy atom. The van der Waals surface area contributed by atoms with Crippen LogP contribution < -0.4 is 15.8 Å². The molecular weight excluding hydrogens is 446 g/mol. The van der Waals surface area contributed by atoms with Crippen LogP contribution in [0.15, 0.2) is 40.0 Å². The van der Waals surface area contributed by atoms with E-state index in [1.165, 1.54) is 29.7 Å². The van der Waals surface area contributed by atoms with Gasteiger partial charge in [0.15, 0.2) is 0 Å². The molecule has 4 heterocycles. The Bertz CT molecular complexity index is 1070. The first-order valence-electron chi connectivity index (χ1n) is 12.6. The van der Waals surface area contributed by atoms with Crippen molar-refractivity contribution in [1.82, 2.24) is 14.9 Å². The summed E-state index contributed by atoms with van der Waals surface area (Å²) in [6, 6.07) is 8.53. The van der Waals surface area contributed by atoms with Crippen molar-refractivity contribution in [2.24, 2.45) is 0 Å². The van der Waals surface area contributed by atoms with Gasteiger partial charge < -0.3 is 19.9 Å². The van der Waals surface area contributed by atoms with Crippen molar-refractivity contribution < 1.29 is 4.74 Å². The van der Waals surface area contributed by atoms with Gasteiger partial charge in [0.1, 0.15) is 5.82 Å². The van der Waals surface area contributed by atoms with Crippen molar-refractivity contribution in [2.45, 2.75) is 43.4 Å². The van der Waals surface area contributed by atoms with E-state index in [2.05, 4.69) is 57.4 Å². The van der Waals surface area contributed by atoms with Crippen LogP contribution in [0.2, 0.25) is 0 Å². The summed E-state index contributed by atoms with van der Waals surface area (Å²) in [7, 11) is 0. The standard InChI is InChI=1S/C26H35N5O2S/c1-19-9-10-22(34-21-8-4-3-7-20(19)21)23-24(27-11-14-30-12-5-2-6-13-30)28-26(29-25(23)32)31-15-17-33-18-16-31/h3-4,7-8,10,19H,2,5-6,9,11-18H2,1H3,(H2,27,28,29,32). The van der Waals surface area contributed by atoms with Crippen LogP contribution in [-0.4, -0.2) is 67.4 Å². The predicted molar refractivity (Wildman–Crippen MR) is 140 cm³/mol. The van der Waals surface area contributed by atoms with Crippen LogP contribution in [-0.2, 0) is 4.74 Å². The molecule has 2 fully saturated rings. The lowest BCUT2D eigenvalue weighted by Crippen LogP contribution is -2.39. The van der Waals surface area contributed by atoms with Crippen molar-refractivity contribution in [3.63, 3.8) is 0 Å². The molecule has 1 aromatic heterocycles. The number of nitrogens with one attached hydrogen (secondary N) is 2. The largest absolute Gasteiger partial charge is 0.378 e. The Labute approximate surface area is 206 Å². The lowest BCUT2D eigenvalue weighted by atomic mass is 9.97. The van der Waals surface area contributed by atoms with E-state index in [4.69, 9.17) is 9.72 Å². The molecular formula is C26H35N5O2S. The third-order valence-electron chi connectivity index (χ3n) is 6.96. The van der Waals surface area contributed by atoms with Gasteiger partial charge in [0.2, 0.25) is 5.95 Å². The summed E-state index contributed by atoms with van der Waals surface area (Å²) in [5.74, 6) is 1.73. The first kappa shape index (κ1) is 23.5. The van der Waals surface area contributed by atoms with E-state index in [-0.39, 0.29) is 5.56 Å². The zero-order valence-corrected chi connectivity index (χ0v) is 20.8. The number of likely N-dealkylation sites (tertiary alicyclic amines) is 1. The molecule has 1 aromatic carbocycles. The monoisotopic (exact) mass is 481 g/mol. The molecule has 2 aromatic rings. The highest BCUT2D eigenvalue weighted by Crippen LogP contribution is 2.43. The number of aromatic amines is 1. The smallest absolute Gasteiger partial charge is 0.262 e. The quantitative estimate of drug-likeness (QED) is 0.642. The number of thioether (sulfide) groups is 1. The number of nitrogens with zero attached hydrogens (tertiary/aromatic N) is 3. The Morgan fingerprint density at radius 2 is 1.94 bits per heavy atom. The fraction of sp³-hybridized carbons (Fsp3) is 0.538. The molecule has 3 aliphatic heterocycles. The van der Waals surface area contributed by atoms with E-state index >= 15 is 0 Å². The van der Waals surface area contributed by atoms with E-state index in [9.17, 15) is 4.79 Å². The SMILES string of the molecule is CC1CC=C(c2c(NCCN3CCCCC3)nc(N3CCOCC3)[nH]c2=O)Sc2ccccc21. The number of morpholine rings is 1. The number of aromatic nitrogens is 2. The molecule has 8 heteroatoms. The first-order valence-corrected chi connectivity index (χ1v) is 13.4. The Hall–Kier alpha value is -2.29. The van der Waals surface area contributed by atoms with E-state index in [1.54, 1.807) is 11.8 Å². The van der Waals surface area contributed by atoms with Gasteiger partial charge in [0.25, 0.3) is 5.56 Å². The lowest BCUT2D eigenvalue weighted by molar-refractivity contribution is 0.122. The van der Waals surface area contributed by atoms with Crippen LogP contribution in [0.4, 0.5) is 11.8 Å². The van der Waals surface area contributed by atoms with Gasteiger partial charge in [-0.15, -0.1) is 0 Å². The van der Waals surface area contributed by atoms with Gasteiger partial charge in [-0.2, -0.15) is 4.98 Å². The number of allylic oxidation sites excluding steroid dienone is 1. The zero-order chi connectivity index (χ0) is 23.3. The van der Waals surface area contributed by atoms with Crippen LogP contribution >= 0.6 is 11.8 Å². The van der Waals surface area contributed by atoms with Gasteiger partial charge in [-0.25, -0.2) is 0 Å². The minimum atomic E-state index is -0.0808. The molecule has 0 amide bonds. The molecule has 5 rings (SSSR count). The van der Waals surface area contributed by atoms with Gasteiger partial charge in [-0.1, -0.05) is 49.4 Å². The molecule has 7 nitrogen and oxygen atoms in total. The van der Waals surface area contributed by atoms with Crippen LogP contribution in [0.25, 0.3) is 4.91 Å². The maximum atomic E-state index is 13.5. The fourth-order valence-corrected chi connectivity index (χ4v) is 6.20. The number of hydrogen-bond donors (Lipinski definition) is 2. The Balaban J connectivity index is 1.45. The topological polar surface area (TPSA) is 73.5 Å². The second-order valence-electron chi connectivity index (χ2n) is 9.39. The molecule has 1 atom stereocenters. The van der Waals surface area contributed by atoms with Gasteiger partial charge >= 0.3 is 0 Å². The lowest BCUT2D eigenvalue weighted by Gasteiger charge is -2.28. The summed E-state index contributed by atoms with van der Waals surface area (Å²) >= 11 is 1.68. The van der Waals surface area contributed by atoms with E-state index in [1.807, 2.05) is 0 Å². The summed E-state index contributed by atoms with van der Waals surface area (Å²) in [6.45, 7) is 9.08. The average molecular weight is 482 g/mol. The number of piperidine rings is 1. The molecule has 0 saturated carbocycles. The fourth-order valence-electron chi connectivity index (χ4n) is 4.96. The van der Waals surface area contributed by atoms with Crippen molar-refractivity contribution in [3.8, 4) is 0 Å². The molecule has 1 unspecified atom stereocenters. The summed E-state index contributed by atoms with van der Waals surface area (Å²) in [5, 5.41) is 3.55. The van der Waals surface area contributed by atoms with Crippen LogP contribution in [0.1, 0.15) is 49.7 Å². The third-order valence-corrected chi connectivity index (χ3v) is 8.14. The van der Waals surface area contributed by atoms with Crippen molar-refractivity contribution >= 4 is 28.4 Å². The summed E-state index contributed by atoms with van der Waals surface area (Å²) in [6.07, 6.45) is 6.99. The highest BCUT2D eigenvalue weighted by Gasteiger charge is 2.24. The Kier molecular flexibility index (Phi) is 7.57.